The summed E-state index contributed by atoms with van der Waals surface area (Å²) in [5.41, 5.74) is 1.27. The van der Waals surface area contributed by atoms with Crippen molar-refractivity contribution in [3.8, 4) is 6.07 Å². The van der Waals surface area contributed by atoms with Gasteiger partial charge in [-0.25, -0.2) is 0 Å². The summed E-state index contributed by atoms with van der Waals surface area (Å²) >= 11 is 0. The lowest BCUT2D eigenvalue weighted by atomic mass is 10.2. The predicted octanol–water partition coefficient (Wildman–Crippen LogP) is 2.03. The van der Waals surface area contributed by atoms with E-state index in [0.717, 1.165) is 12.8 Å². The fraction of sp³-hybridized carbons (Fsp3) is 0.429. The summed E-state index contributed by atoms with van der Waals surface area (Å²) in [6, 6.07) is 9.63. The minimum absolute atomic E-state index is 0.00496. The van der Waals surface area contributed by atoms with Crippen LogP contribution in [0.1, 0.15) is 31.2 Å². The molecular weight excluding hydrogens is 226 g/mol. The van der Waals surface area contributed by atoms with E-state index < -0.39 is 0 Å². The summed E-state index contributed by atoms with van der Waals surface area (Å²) in [6.07, 6.45) is 4.58. The number of benzene rings is 1. The summed E-state index contributed by atoms with van der Waals surface area (Å²) in [5, 5.41) is 14.9. The number of hydrogen-bond donors (Lipinski definition) is 2. The van der Waals surface area contributed by atoms with E-state index in [1.807, 2.05) is 12.1 Å². The second-order valence-corrected chi connectivity index (χ2v) is 4.56. The fourth-order valence-electron chi connectivity index (χ4n) is 2.26. The monoisotopic (exact) mass is 243 g/mol. The van der Waals surface area contributed by atoms with Gasteiger partial charge in [-0.05, 0) is 25.0 Å². The molecule has 94 valence electrons. The number of nitrogens with one attached hydrogen (secondary N) is 2. The number of carbonyl (C=O) groups is 1. The standard InChI is InChI=1S/C14H17N3O/c15-9-11-5-1-4-8-13(11)16-10-14(18)17-12-6-2-3-7-12/h1,4-5,8,12,16H,2-3,6-7,10H2,(H,17,18). The van der Waals surface area contributed by atoms with Crippen LogP contribution in [0.3, 0.4) is 0 Å². The van der Waals surface area contributed by atoms with Gasteiger partial charge in [0.1, 0.15) is 6.07 Å². The molecule has 18 heavy (non-hydrogen) atoms. The summed E-state index contributed by atoms with van der Waals surface area (Å²) in [5.74, 6) is -0.00496. The van der Waals surface area contributed by atoms with Crippen LogP contribution >= 0.6 is 0 Å². The topological polar surface area (TPSA) is 64.9 Å². The Kier molecular flexibility index (Phi) is 4.19. The van der Waals surface area contributed by atoms with Crippen LogP contribution in [0.5, 0.6) is 0 Å². The molecule has 0 saturated heterocycles. The molecule has 0 atom stereocenters. The quantitative estimate of drug-likeness (QED) is 0.850. The summed E-state index contributed by atoms with van der Waals surface area (Å²) in [4.78, 5) is 11.7. The lowest BCUT2D eigenvalue weighted by Crippen LogP contribution is -2.36. The Labute approximate surface area is 107 Å². The van der Waals surface area contributed by atoms with Gasteiger partial charge >= 0.3 is 0 Å². The maximum absolute atomic E-state index is 11.7. The van der Waals surface area contributed by atoms with Gasteiger partial charge < -0.3 is 10.6 Å². The van der Waals surface area contributed by atoms with Crippen molar-refractivity contribution < 1.29 is 4.79 Å². The number of nitrogens with zero attached hydrogens (tertiary/aromatic N) is 1. The number of rotatable bonds is 4. The normalized spacial score (nSPS) is 15.1. The average molecular weight is 243 g/mol. The van der Waals surface area contributed by atoms with Gasteiger partial charge in [0.2, 0.25) is 5.91 Å². The van der Waals surface area contributed by atoms with E-state index in [-0.39, 0.29) is 12.5 Å². The molecule has 0 unspecified atom stereocenters. The van der Waals surface area contributed by atoms with Crippen LogP contribution in [0.4, 0.5) is 5.69 Å². The molecule has 0 spiro atoms. The van der Waals surface area contributed by atoms with Crippen LogP contribution in [0.2, 0.25) is 0 Å². The van der Waals surface area contributed by atoms with E-state index in [2.05, 4.69) is 16.7 Å². The van der Waals surface area contributed by atoms with Gasteiger partial charge in [-0.15, -0.1) is 0 Å². The Morgan fingerprint density at radius 3 is 2.78 bits per heavy atom. The van der Waals surface area contributed by atoms with Crippen molar-refractivity contribution in [2.75, 3.05) is 11.9 Å². The van der Waals surface area contributed by atoms with Gasteiger partial charge in [0.05, 0.1) is 17.8 Å². The molecule has 1 fully saturated rings. The SMILES string of the molecule is N#Cc1ccccc1NCC(=O)NC1CCCC1. The maximum atomic E-state index is 11.7. The van der Waals surface area contributed by atoms with E-state index in [1.54, 1.807) is 12.1 Å². The van der Waals surface area contributed by atoms with Gasteiger partial charge in [0.25, 0.3) is 0 Å². The minimum atomic E-state index is -0.00496. The molecule has 0 bridgehead atoms. The fourth-order valence-corrected chi connectivity index (χ4v) is 2.26. The minimum Gasteiger partial charge on any atom is -0.375 e. The summed E-state index contributed by atoms with van der Waals surface area (Å²) in [6.45, 7) is 0.217. The van der Waals surface area contributed by atoms with Crippen molar-refractivity contribution in [3.05, 3.63) is 29.8 Å². The number of hydrogen-bond acceptors (Lipinski definition) is 3. The van der Waals surface area contributed by atoms with Crippen molar-refractivity contribution in [1.29, 1.82) is 5.26 Å². The van der Waals surface area contributed by atoms with Gasteiger partial charge in [0.15, 0.2) is 0 Å². The third-order valence-corrected chi connectivity index (χ3v) is 3.21. The lowest BCUT2D eigenvalue weighted by molar-refractivity contribution is -0.120. The highest BCUT2D eigenvalue weighted by atomic mass is 16.1. The molecule has 0 radical (unpaired) electrons. The highest BCUT2D eigenvalue weighted by molar-refractivity contribution is 5.81. The molecule has 1 amide bonds. The van der Waals surface area contributed by atoms with E-state index >= 15 is 0 Å². The Hall–Kier alpha value is -2.02. The Balaban J connectivity index is 1.83. The second-order valence-electron chi connectivity index (χ2n) is 4.56. The largest absolute Gasteiger partial charge is 0.375 e. The van der Waals surface area contributed by atoms with E-state index in [9.17, 15) is 4.79 Å². The molecule has 1 aromatic carbocycles. The van der Waals surface area contributed by atoms with Crippen LogP contribution < -0.4 is 10.6 Å². The van der Waals surface area contributed by atoms with E-state index in [1.165, 1.54) is 12.8 Å². The first-order valence-corrected chi connectivity index (χ1v) is 6.32. The number of amides is 1. The molecule has 1 aliphatic rings. The zero-order valence-corrected chi connectivity index (χ0v) is 10.3. The molecule has 0 heterocycles. The first kappa shape index (κ1) is 12.4. The Bertz CT molecular complexity index is 458. The van der Waals surface area contributed by atoms with Crippen LogP contribution in [-0.4, -0.2) is 18.5 Å². The molecule has 1 aromatic rings. The third-order valence-electron chi connectivity index (χ3n) is 3.21. The predicted molar refractivity (Wildman–Crippen MR) is 70.0 cm³/mol. The Morgan fingerprint density at radius 2 is 2.06 bits per heavy atom. The number of para-hydroxylation sites is 1. The molecular formula is C14H17N3O. The molecule has 2 rings (SSSR count). The number of anilines is 1. The Morgan fingerprint density at radius 1 is 1.33 bits per heavy atom. The summed E-state index contributed by atoms with van der Waals surface area (Å²) in [7, 11) is 0. The summed E-state index contributed by atoms with van der Waals surface area (Å²) < 4.78 is 0. The first-order chi connectivity index (χ1) is 8.79. The van der Waals surface area contributed by atoms with Gasteiger partial charge in [-0.2, -0.15) is 5.26 Å². The van der Waals surface area contributed by atoms with Crippen LogP contribution in [-0.2, 0) is 4.79 Å². The lowest BCUT2D eigenvalue weighted by Gasteiger charge is -2.13. The van der Waals surface area contributed by atoms with Crippen molar-refractivity contribution in [3.63, 3.8) is 0 Å². The second kappa shape index (κ2) is 6.06. The molecule has 1 aliphatic carbocycles. The van der Waals surface area contributed by atoms with Gasteiger partial charge in [-0.3, -0.25) is 4.79 Å². The van der Waals surface area contributed by atoms with E-state index in [0.29, 0.717) is 17.3 Å². The molecule has 1 saturated carbocycles. The van der Waals surface area contributed by atoms with Crippen LogP contribution in [0.15, 0.2) is 24.3 Å². The highest BCUT2D eigenvalue weighted by Crippen LogP contribution is 2.17. The first-order valence-electron chi connectivity index (χ1n) is 6.32. The van der Waals surface area contributed by atoms with E-state index in [4.69, 9.17) is 5.26 Å². The third kappa shape index (κ3) is 3.24. The number of carbonyl (C=O) groups excluding carboxylic acids is 1. The maximum Gasteiger partial charge on any atom is 0.239 e. The molecule has 4 heteroatoms. The smallest absolute Gasteiger partial charge is 0.239 e. The average Bonchev–Trinajstić information content (AvgIpc) is 2.89. The van der Waals surface area contributed by atoms with Gasteiger partial charge in [0, 0.05) is 6.04 Å². The molecule has 2 N–H and O–H groups in total. The highest BCUT2D eigenvalue weighted by Gasteiger charge is 2.16. The van der Waals surface area contributed by atoms with Gasteiger partial charge in [-0.1, -0.05) is 25.0 Å². The zero-order valence-electron chi connectivity index (χ0n) is 10.3. The van der Waals surface area contributed by atoms with Crippen molar-refractivity contribution in [2.45, 2.75) is 31.7 Å². The van der Waals surface area contributed by atoms with Crippen molar-refractivity contribution in [2.24, 2.45) is 0 Å². The van der Waals surface area contributed by atoms with Crippen molar-refractivity contribution in [1.82, 2.24) is 5.32 Å². The molecule has 0 aromatic heterocycles. The number of nitriles is 1. The molecule has 0 aliphatic heterocycles. The van der Waals surface area contributed by atoms with Crippen LogP contribution in [0.25, 0.3) is 0 Å². The molecule has 4 nitrogen and oxygen atoms in total. The van der Waals surface area contributed by atoms with Crippen LogP contribution in [0, 0.1) is 11.3 Å². The van der Waals surface area contributed by atoms with Crippen molar-refractivity contribution >= 4 is 11.6 Å². The zero-order chi connectivity index (χ0) is 12.8.